The maximum Gasteiger partial charge on any atom is 0.188 e. The van der Waals surface area contributed by atoms with E-state index in [1.807, 2.05) is 6.07 Å². The molecule has 7 nitrogen and oxygen atoms in total. The first-order valence-corrected chi connectivity index (χ1v) is 8.69. The Morgan fingerprint density at radius 3 is 2.46 bits per heavy atom. The number of benzene rings is 1. The van der Waals surface area contributed by atoms with E-state index in [2.05, 4.69) is 22.1 Å². The molecule has 1 heterocycles. The lowest BCUT2D eigenvalue weighted by Gasteiger charge is -2.23. The highest BCUT2D eigenvalue weighted by atomic mass is 127. The Hall–Kier alpha value is -1.42. The first-order valence-electron chi connectivity index (χ1n) is 8.69. The molecule has 8 heteroatoms. The fourth-order valence-corrected chi connectivity index (χ4v) is 3.21. The maximum absolute atomic E-state index is 6.03. The molecule has 0 aromatic heterocycles. The molecule has 1 unspecified atom stereocenters. The lowest BCUT2D eigenvalue weighted by molar-refractivity contribution is 0.267. The van der Waals surface area contributed by atoms with Gasteiger partial charge in [-0.05, 0) is 32.0 Å². The molecule has 26 heavy (non-hydrogen) atoms. The topological polar surface area (TPSA) is 81.3 Å². The number of aliphatic imine (C=N–C) groups is 1. The van der Waals surface area contributed by atoms with Crippen molar-refractivity contribution >= 4 is 29.9 Å². The second-order valence-corrected chi connectivity index (χ2v) is 6.03. The molecule has 1 atom stereocenters. The van der Waals surface area contributed by atoms with Crippen molar-refractivity contribution < 1.29 is 14.2 Å². The second-order valence-electron chi connectivity index (χ2n) is 6.03. The number of rotatable bonds is 8. The zero-order valence-electron chi connectivity index (χ0n) is 16.1. The Morgan fingerprint density at radius 1 is 1.19 bits per heavy atom. The minimum absolute atomic E-state index is 0. The minimum atomic E-state index is 0. The normalized spacial score (nSPS) is 17.5. The first kappa shape index (κ1) is 22.6. The number of hydrogen-bond acceptors (Lipinski definition) is 5. The van der Waals surface area contributed by atoms with E-state index >= 15 is 0 Å². The van der Waals surface area contributed by atoms with Gasteiger partial charge in [0, 0.05) is 24.2 Å². The van der Waals surface area contributed by atoms with Crippen molar-refractivity contribution in [1.82, 2.24) is 10.2 Å². The summed E-state index contributed by atoms with van der Waals surface area (Å²) in [7, 11) is 4.82. The van der Waals surface area contributed by atoms with E-state index < -0.39 is 0 Å². The van der Waals surface area contributed by atoms with Crippen molar-refractivity contribution in [2.45, 2.75) is 32.4 Å². The molecule has 0 aliphatic carbocycles. The van der Waals surface area contributed by atoms with Gasteiger partial charge >= 0.3 is 0 Å². The maximum atomic E-state index is 6.03. The average Bonchev–Trinajstić information content (AvgIpc) is 3.11. The summed E-state index contributed by atoms with van der Waals surface area (Å²) in [5.41, 5.74) is 6.92. The predicted molar refractivity (Wildman–Crippen MR) is 115 cm³/mol. The van der Waals surface area contributed by atoms with Gasteiger partial charge in [0.2, 0.25) is 0 Å². The minimum Gasteiger partial charge on any atom is -0.496 e. The molecule has 3 N–H and O–H groups in total. The molecule has 1 fully saturated rings. The zero-order chi connectivity index (χ0) is 18.2. The summed E-state index contributed by atoms with van der Waals surface area (Å²) in [4.78, 5) is 6.90. The molecule has 2 rings (SSSR count). The third kappa shape index (κ3) is 5.80. The van der Waals surface area contributed by atoms with E-state index in [1.165, 1.54) is 19.4 Å². The van der Waals surface area contributed by atoms with Crippen molar-refractivity contribution in [3.8, 4) is 17.2 Å². The largest absolute Gasteiger partial charge is 0.496 e. The standard InChI is InChI=1S/C18H30N4O3.HI/c1-5-22-8-6-7-14(22)12-21-18(19)20-11-13-9-16(24-3)17(25-4)10-15(13)23-2;/h9-10,14H,5-8,11-12H2,1-4H3,(H3,19,20,21);1H. The van der Waals surface area contributed by atoms with Gasteiger partial charge < -0.3 is 25.3 Å². The Kier molecular flexibility index (Phi) is 9.85. The summed E-state index contributed by atoms with van der Waals surface area (Å²) in [6, 6.07) is 4.20. The molecule has 0 spiro atoms. The molecular weight excluding hydrogens is 447 g/mol. The highest BCUT2D eigenvalue weighted by molar-refractivity contribution is 14.0. The van der Waals surface area contributed by atoms with Crippen molar-refractivity contribution in [2.75, 3.05) is 41.0 Å². The molecular formula is C18H31IN4O3. The monoisotopic (exact) mass is 478 g/mol. The lowest BCUT2D eigenvalue weighted by Crippen LogP contribution is -2.42. The van der Waals surface area contributed by atoms with Gasteiger partial charge in [-0.2, -0.15) is 0 Å². The van der Waals surface area contributed by atoms with Gasteiger partial charge in [-0.25, -0.2) is 4.99 Å². The van der Waals surface area contributed by atoms with E-state index in [0.29, 0.717) is 35.8 Å². The summed E-state index contributed by atoms with van der Waals surface area (Å²) >= 11 is 0. The van der Waals surface area contributed by atoms with Crippen LogP contribution in [0.25, 0.3) is 0 Å². The van der Waals surface area contributed by atoms with Crippen LogP contribution in [0.15, 0.2) is 17.1 Å². The predicted octanol–water partition coefficient (Wildman–Crippen LogP) is 2.22. The Balaban J connectivity index is 0.00000338. The second kappa shape index (κ2) is 11.3. The van der Waals surface area contributed by atoms with Crippen LogP contribution >= 0.6 is 24.0 Å². The van der Waals surface area contributed by atoms with Crippen LogP contribution in [0.4, 0.5) is 0 Å². The summed E-state index contributed by atoms with van der Waals surface area (Å²) in [5.74, 6) is 2.41. The Bertz CT molecular complexity index is 598. The molecule has 0 radical (unpaired) electrons. The van der Waals surface area contributed by atoms with E-state index in [1.54, 1.807) is 27.4 Å². The number of nitrogens with one attached hydrogen (secondary N) is 1. The Labute approximate surface area is 173 Å². The molecule has 0 amide bonds. The average molecular weight is 478 g/mol. The van der Waals surface area contributed by atoms with Crippen LogP contribution in [0.3, 0.4) is 0 Å². The third-order valence-corrected chi connectivity index (χ3v) is 4.63. The van der Waals surface area contributed by atoms with Crippen LogP contribution in [-0.2, 0) is 6.54 Å². The van der Waals surface area contributed by atoms with Gasteiger partial charge in [0.1, 0.15) is 5.75 Å². The molecule has 148 valence electrons. The summed E-state index contributed by atoms with van der Waals surface area (Å²) in [6.07, 6.45) is 2.46. The van der Waals surface area contributed by atoms with Gasteiger partial charge in [0.15, 0.2) is 17.5 Å². The van der Waals surface area contributed by atoms with Crippen LogP contribution in [0.2, 0.25) is 0 Å². The van der Waals surface area contributed by atoms with Gasteiger partial charge in [0.25, 0.3) is 0 Å². The van der Waals surface area contributed by atoms with Gasteiger partial charge in [-0.3, -0.25) is 4.90 Å². The van der Waals surface area contributed by atoms with E-state index in [4.69, 9.17) is 19.9 Å². The highest BCUT2D eigenvalue weighted by Gasteiger charge is 2.22. The van der Waals surface area contributed by atoms with Crippen molar-refractivity contribution in [3.05, 3.63) is 17.7 Å². The number of nitrogens with two attached hydrogens (primary N) is 1. The zero-order valence-corrected chi connectivity index (χ0v) is 18.4. The quantitative estimate of drug-likeness (QED) is 0.339. The van der Waals surface area contributed by atoms with Gasteiger partial charge in [-0.1, -0.05) is 6.92 Å². The van der Waals surface area contributed by atoms with Gasteiger partial charge in [-0.15, -0.1) is 24.0 Å². The first-order chi connectivity index (χ1) is 12.1. The van der Waals surface area contributed by atoms with E-state index in [-0.39, 0.29) is 24.0 Å². The fourth-order valence-electron chi connectivity index (χ4n) is 3.21. The summed E-state index contributed by atoms with van der Waals surface area (Å²) in [5, 5.41) is 3.24. The van der Waals surface area contributed by atoms with Gasteiger partial charge in [0.05, 0.1) is 27.9 Å². The summed E-state index contributed by atoms with van der Waals surface area (Å²) in [6.45, 7) is 5.67. The van der Waals surface area contributed by atoms with Crippen LogP contribution in [-0.4, -0.2) is 57.9 Å². The number of ether oxygens (including phenoxy) is 3. The van der Waals surface area contributed by atoms with Crippen molar-refractivity contribution in [1.29, 1.82) is 0 Å². The molecule has 1 aliphatic heterocycles. The number of halogens is 1. The number of methoxy groups -OCH3 is 3. The third-order valence-electron chi connectivity index (χ3n) is 4.63. The van der Waals surface area contributed by atoms with E-state index in [0.717, 1.165) is 18.7 Å². The molecule has 1 aromatic rings. The van der Waals surface area contributed by atoms with Crippen molar-refractivity contribution in [3.63, 3.8) is 0 Å². The molecule has 0 bridgehead atoms. The van der Waals surface area contributed by atoms with Crippen LogP contribution < -0.4 is 25.3 Å². The number of likely N-dealkylation sites (tertiary alicyclic amines) is 1. The highest BCUT2D eigenvalue weighted by Crippen LogP contribution is 2.34. The molecule has 0 saturated carbocycles. The SMILES string of the molecule is CCN1CCCC1CNC(N)=NCc1cc(OC)c(OC)cc1OC.I. The number of nitrogens with zero attached hydrogens (tertiary/aromatic N) is 2. The van der Waals surface area contributed by atoms with Crippen LogP contribution in [0.5, 0.6) is 17.2 Å². The summed E-state index contributed by atoms with van der Waals surface area (Å²) < 4.78 is 16.1. The fraction of sp³-hybridized carbons (Fsp3) is 0.611. The molecule has 1 saturated heterocycles. The molecule has 1 aliphatic rings. The smallest absolute Gasteiger partial charge is 0.188 e. The van der Waals surface area contributed by atoms with E-state index in [9.17, 15) is 0 Å². The Morgan fingerprint density at radius 2 is 1.85 bits per heavy atom. The number of guanidine groups is 1. The number of hydrogen-bond donors (Lipinski definition) is 2. The van der Waals surface area contributed by atoms with Crippen molar-refractivity contribution in [2.24, 2.45) is 10.7 Å². The van der Waals surface area contributed by atoms with Crippen LogP contribution in [0.1, 0.15) is 25.3 Å². The molecule has 1 aromatic carbocycles. The number of likely N-dealkylation sites (N-methyl/N-ethyl adjacent to an activating group) is 1. The van der Waals surface area contributed by atoms with Crippen LogP contribution in [0, 0.1) is 0 Å². The lowest BCUT2D eigenvalue weighted by atomic mass is 10.1.